The first-order valence-electron chi connectivity index (χ1n) is 10.3. The zero-order valence-corrected chi connectivity index (χ0v) is 17.4. The summed E-state index contributed by atoms with van der Waals surface area (Å²) in [5, 5.41) is 8.45. The number of nitrogens with one attached hydrogen (secondary N) is 1. The van der Waals surface area contributed by atoms with Gasteiger partial charge in [-0.1, -0.05) is 48.5 Å². The van der Waals surface area contributed by atoms with Crippen LogP contribution in [0.5, 0.6) is 0 Å². The molecular formula is C25H18N4O4. The van der Waals surface area contributed by atoms with Crippen LogP contribution in [-0.4, -0.2) is 26.1 Å². The number of hydrogen-bond donors (Lipinski definition) is 1. The van der Waals surface area contributed by atoms with Crippen molar-refractivity contribution in [2.45, 2.75) is 13.0 Å². The highest BCUT2D eigenvalue weighted by Crippen LogP contribution is 2.19. The molecule has 0 saturated heterocycles. The van der Waals surface area contributed by atoms with Gasteiger partial charge in [0.2, 0.25) is 5.89 Å². The van der Waals surface area contributed by atoms with Crippen LogP contribution in [0.1, 0.15) is 27.6 Å². The number of para-hydroxylation sites is 1. The third-order valence-corrected chi connectivity index (χ3v) is 5.07. The number of rotatable bonds is 6. The molecule has 3 aromatic carbocycles. The minimum Gasteiger partial charge on any atom is -0.452 e. The van der Waals surface area contributed by atoms with Crippen molar-refractivity contribution in [1.82, 2.24) is 20.2 Å². The second kappa shape index (κ2) is 8.88. The fourth-order valence-corrected chi connectivity index (χ4v) is 3.49. The van der Waals surface area contributed by atoms with E-state index in [9.17, 15) is 9.59 Å². The number of fused-ring (bicyclic) bond motifs is 1. The number of benzene rings is 3. The van der Waals surface area contributed by atoms with E-state index in [1.807, 2.05) is 42.5 Å². The third kappa shape index (κ3) is 4.40. The van der Waals surface area contributed by atoms with Crippen molar-refractivity contribution in [3.8, 4) is 11.5 Å². The predicted octanol–water partition coefficient (Wildman–Crippen LogP) is 3.92. The monoisotopic (exact) mass is 438 g/mol. The molecular weight excluding hydrogens is 420 g/mol. The molecule has 8 heteroatoms. The second-order valence-electron chi connectivity index (χ2n) is 7.31. The van der Waals surface area contributed by atoms with Crippen LogP contribution < -0.4 is 5.56 Å². The first-order chi connectivity index (χ1) is 16.2. The largest absolute Gasteiger partial charge is 0.452 e. The number of aromatic nitrogens is 4. The summed E-state index contributed by atoms with van der Waals surface area (Å²) in [5.41, 5.74) is 2.21. The summed E-state index contributed by atoms with van der Waals surface area (Å²) < 4.78 is 11.0. The van der Waals surface area contributed by atoms with Gasteiger partial charge in [0.15, 0.2) is 6.61 Å². The van der Waals surface area contributed by atoms with E-state index < -0.39 is 5.97 Å². The van der Waals surface area contributed by atoms with Crippen molar-refractivity contribution >= 4 is 16.9 Å². The highest BCUT2D eigenvalue weighted by Gasteiger charge is 2.16. The fraction of sp³-hybridized carbons (Fsp3) is 0.0800. The van der Waals surface area contributed by atoms with Crippen LogP contribution in [0.15, 0.2) is 88.1 Å². The summed E-state index contributed by atoms with van der Waals surface area (Å²) in [6, 6.07) is 23.5. The molecule has 0 fully saturated rings. The van der Waals surface area contributed by atoms with E-state index in [0.717, 1.165) is 5.56 Å². The Hall–Kier alpha value is -4.59. The Morgan fingerprint density at radius 1 is 0.909 bits per heavy atom. The molecule has 2 heterocycles. The Morgan fingerprint density at radius 3 is 2.55 bits per heavy atom. The van der Waals surface area contributed by atoms with E-state index >= 15 is 0 Å². The highest BCUT2D eigenvalue weighted by molar-refractivity contribution is 5.91. The smallest absolute Gasteiger partial charge is 0.338 e. The minimum absolute atomic E-state index is 0.155. The van der Waals surface area contributed by atoms with E-state index in [-0.39, 0.29) is 24.5 Å². The minimum atomic E-state index is -0.534. The molecule has 33 heavy (non-hydrogen) atoms. The number of nitrogens with zero attached hydrogens (tertiary/aromatic N) is 3. The van der Waals surface area contributed by atoms with E-state index in [2.05, 4.69) is 20.2 Å². The molecule has 0 amide bonds. The molecule has 8 nitrogen and oxygen atoms in total. The molecule has 0 aliphatic carbocycles. The van der Waals surface area contributed by atoms with Gasteiger partial charge in [0, 0.05) is 12.0 Å². The molecule has 5 rings (SSSR count). The van der Waals surface area contributed by atoms with Gasteiger partial charge in [0.25, 0.3) is 11.4 Å². The van der Waals surface area contributed by atoms with Crippen molar-refractivity contribution in [3.05, 3.63) is 112 Å². The van der Waals surface area contributed by atoms with Gasteiger partial charge in [-0.15, -0.1) is 10.2 Å². The highest BCUT2D eigenvalue weighted by atomic mass is 16.5. The lowest BCUT2D eigenvalue weighted by atomic mass is 10.0. The van der Waals surface area contributed by atoms with Crippen molar-refractivity contribution < 1.29 is 13.9 Å². The lowest BCUT2D eigenvalue weighted by Crippen LogP contribution is -2.14. The average Bonchev–Trinajstić information content (AvgIpc) is 3.33. The Bertz CT molecular complexity index is 1490. The van der Waals surface area contributed by atoms with Gasteiger partial charge in [-0.25, -0.2) is 9.78 Å². The van der Waals surface area contributed by atoms with E-state index in [4.69, 9.17) is 9.15 Å². The normalized spacial score (nSPS) is 10.9. The molecule has 0 saturated carbocycles. The topological polar surface area (TPSA) is 111 Å². The lowest BCUT2D eigenvalue weighted by Gasteiger charge is -2.09. The van der Waals surface area contributed by atoms with E-state index in [0.29, 0.717) is 33.7 Å². The van der Waals surface area contributed by atoms with Crippen LogP contribution in [0.4, 0.5) is 0 Å². The second-order valence-corrected chi connectivity index (χ2v) is 7.31. The van der Waals surface area contributed by atoms with Crippen LogP contribution in [0.25, 0.3) is 22.4 Å². The summed E-state index contributed by atoms with van der Waals surface area (Å²) in [6.07, 6.45) is 0.268. The number of hydrogen-bond acceptors (Lipinski definition) is 7. The van der Waals surface area contributed by atoms with Crippen molar-refractivity contribution in [3.63, 3.8) is 0 Å². The first kappa shape index (κ1) is 20.3. The average molecular weight is 438 g/mol. The molecule has 0 radical (unpaired) electrons. The Morgan fingerprint density at radius 2 is 1.67 bits per heavy atom. The maximum absolute atomic E-state index is 12.8. The first-order valence-corrected chi connectivity index (χ1v) is 10.3. The van der Waals surface area contributed by atoms with Gasteiger partial charge in [-0.2, -0.15) is 0 Å². The summed E-state index contributed by atoms with van der Waals surface area (Å²) >= 11 is 0. The van der Waals surface area contributed by atoms with Gasteiger partial charge in [-0.3, -0.25) is 4.79 Å². The zero-order valence-electron chi connectivity index (χ0n) is 17.4. The molecule has 0 atom stereocenters. The van der Waals surface area contributed by atoms with Crippen LogP contribution in [0.2, 0.25) is 0 Å². The molecule has 0 aliphatic heterocycles. The fourth-order valence-electron chi connectivity index (χ4n) is 3.49. The molecule has 162 valence electrons. The molecule has 5 aromatic rings. The number of ether oxygens (including phenoxy) is 1. The molecule has 1 N–H and O–H groups in total. The summed E-state index contributed by atoms with van der Waals surface area (Å²) in [5.74, 6) is 0.477. The molecule has 0 aliphatic rings. The summed E-state index contributed by atoms with van der Waals surface area (Å²) in [7, 11) is 0. The van der Waals surface area contributed by atoms with Crippen LogP contribution in [0, 0.1) is 0 Å². The Kier molecular flexibility index (Phi) is 5.47. The quantitative estimate of drug-likeness (QED) is 0.400. The predicted molar refractivity (Wildman–Crippen MR) is 120 cm³/mol. The Balaban J connectivity index is 1.32. The Labute approximate surface area is 187 Å². The van der Waals surface area contributed by atoms with Crippen molar-refractivity contribution in [1.29, 1.82) is 0 Å². The number of esters is 1. The number of carbonyl (C=O) groups is 1. The third-order valence-electron chi connectivity index (χ3n) is 5.07. The SMILES string of the molecule is O=C(OCc1nnc(-c2ccccc2)o1)c1ccccc1Cc1nc2ccccc2c(=O)[nH]1. The summed E-state index contributed by atoms with van der Waals surface area (Å²) in [4.78, 5) is 32.4. The maximum Gasteiger partial charge on any atom is 0.338 e. The van der Waals surface area contributed by atoms with Crippen molar-refractivity contribution in [2.24, 2.45) is 0 Å². The molecule has 0 bridgehead atoms. The molecule has 0 unspecified atom stereocenters. The number of aromatic amines is 1. The number of carbonyl (C=O) groups excluding carboxylic acids is 1. The van der Waals surface area contributed by atoms with Gasteiger partial charge in [-0.05, 0) is 35.9 Å². The van der Waals surface area contributed by atoms with Gasteiger partial charge < -0.3 is 14.1 Å². The van der Waals surface area contributed by atoms with E-state index in [1.54, 1.807) is 36.4 Å². The standard InChI is InChI=1S/C25H18N4O4/c30-23-19-12-6-7-13-20(19)26-21(27-23)14-17-10-4-5-11-18(17)25(31)32-15-22-28-29-24(33-22)16-8-2-1-3-9-16/h1-13H,14-15H2,(H,26,27,30). The van der Waals surface area contributed by atoms with Gasteiger partial charge in [0.1, 0.15) is 5.82 Å². The van der Waals surface area contributed by atoms with Gasteiger partial charge >= 0.3 is 5.97 Å². The van der Waals surface area contributed by atoms with Crippen molar-refractivity contribution in [2.75, 3.05) is 0 Å². The van der Waals surface area contributed by atoms with Gasteiger partial charge in [0.05, 0.1) is 16.5 Å². The zero-order chi connectivity index (χ0) is 22.6. The molecule has 0 spiro atoms. The maximum atomic E-state index is 12.8. The van der Waals surface area contributed by atoms with E-state index in [1.165, 1.54) is 0 Å². The number of H-pyrrole nitrogens is 1. The lowest BCUT2D eigenvalue weighted by molar-refractivity contribution is 0.0437. The molecule has 2 aromatic heterocycles. The van der Waals surface area contributed by atoms with Crippen LogP contribution >= 0.6 is 0 Å². The van der Waals surface area contributed by atoms with Crippen LogP contribution in [-0.2, 0) is 17.8 Å². The van der Waals surface area contributed by atoms with Crippen LogP contribution in [0.3, 0.4) is 0 Å². The summed E-state index contributed by atoms with van der Waals surface area (Å²) in [6.45, 7) is -0.155.